The maximum absolute atomic E-state index is 9.88. The van der Waals surface area contributed by atoms with E-state index in [0.29, 0.717) is 0 Å². The van der Waals surface area contributed by atoms with Gasteiger partial charge in [-0.05, 0) is 0 Å². The van der Waals surface area contributed by atoms with Gasteiger partial charge in [-0.1, -0.05) is 0 Å². The molecule has 60 valence electrons. The smallest absolute Gasteiger partial charge is 0.304 e. The standard InChI is InChI=1S/C5H11NO4/c7-4(8)1-2-6-3-5(9)10/h5-6,9-10H,1-3H2,(H,7,8). The summed E-state index contributed by atoms with van der Waals surface area (Å²) in [5.74, 6) is -0.903. The Morgan fingerprint density at radius 3 is 2.50 bits per heavy atom. The van der Waals surface area contributed by atoms with Crippen molar-refractivity contribution in [2.24, 2.45) is 0 Å². The van der Waals surface area contributed by atoms with Crippen molar-refractivity contribution in [2.75, 3.05) is 13.1 Å². The molecule has 0 fully saturated rings. The second-order valence-electron chi connectivity index (χ2n) is 1.83. The lowest BCUT2D eigenvalue weighted by Crippen LogP contribution is -2.28. The van der Waals surface area contributed by atoms with E-state index in [1.54, 1.807) is 0 Å². The summed E-state index contributed by atoms with van der Waals surface area (Å²) in [6, 6.07) is 0. The Morgan fingerprint density at radius 1 is 1.50 bits per heavy atom. The van der Waals surface area contributed by atoms with Crippen LogP contribution in [0.5, 0.6) is 0 Å². The molecule has 0 rings (SSSR count). The molecule has 0 saturated carbocycles. The monoisotopic (exact) mass is 149 g/mol. The van der Waals surface area contributed by atoms with Gasteiger partial charge in [0.2, 0.25) is 0 Å². The van der Waals surface area contributed by atoms with Crippen LogP contribution in [0.1, 0.15) is 6.42 Å². The molecule has 0 heterocycles. The zero-order valence-electron chi connectivity index (χ0n) is 5.45. The highest BCUT2D eigenvalue weighted by Gasteiger charge is 1.97. The first kappa shape index (κ1) is 9.35. The van der Waals surface area contributed by atoms with Crippen LogP contribution in [0.3, 0.4) is 0 Å². The van der Waals surface area contributed by atoms with Crippen LogP contribution in [0.15, 0.2) is 0 Å². The number of rotatable bonds is 5. The molecule has 0 atom stereocenters. The van der Waals surface area contributed by atoms with E-state index >= 15 is 0 Å². The number of carboxylic acid groups (broad SMARTS) is 1. The van der Waals surface area contributed by atoms with Crippen LogP contribution in [0.2, 0.25) is 0 Å². The molecule has 0 radical (unpaired) electrons. The molecule has 0 amide bonds. The molecule has 0 saturated heterocycles. The Labute approximate surface area is 58.3 Å². The Kier molecular flexibility index (Phi) is 4.82. The Morgan fingerprint density at radius 2 is 2.10 bits per heavy atom. The predicted octanol–water partition coefficient (Wildman–Crippen LogP) is -1.64. The molecular weight excluding hydrogens is 138 g/mol. The van der Waals surface area contributed by atoms with E-state index in [-0.39, 0.29) is 19.5 Å². The van der Waals surface area contributed by atoms with Gasteiger partial charge in [-0.25, -0.2) is 0 Å². The van der Waals surface area contributed by atoms with Gasteiger partial charge in [-0.3, -0.25) is 4.79 Å². The van der Waals surface area contributed by atoms with Crippen molar-refractivity contribution in [1.29, 1.82) is 0 Å². The molecule has 0 bridgehead atoms. The fraction of sp³-hybridized carbons (Fsp3) is 0.800. The summed E-state index contributed by atoms with van der Waals surface area (Å²) in [6.45, 7) is 0.264. The average molecular weight is 149 g/mol. The molecule has 0 aromatic heterocycles. The second-order valence-corrected chi connectivity index (χ2v) is 1.83. The highest BCUT2D eigenvalue weighted by Crippen LogP contribution is 1.75. The summed E-state index contributed by atoms with van der Waals surface area (Å²) >= 11 is 0. The van der Waals surface area contributed by atoms with E-state index in [0.717, 1.165) is 0 Å². The van der Waals surface area contributed by atoms with Crippen LogP contribution in [0.4, 0.5) is 0 Å². The van der Waals surface area contributed by atoms with Gasteiger partial charge in [0.1, 0.15) is 0 Å². The van der Waals surface area contributed by atoms with Gasteiger partial charge in [-0.15, -0.1) is 0 Å². The van der Waals surface area contributed by atoms with Gasteiger partial charge < -0.3 is 20.6 Å². The molecule has 0 aliphatic rings. The second kappa shape index (κ2) is 5.16. The Hall–Kier alpha value is -0.650. The lowest BCUT2D eigenvalue weighted by Gasteiger charge is -2.03. The molecule has 0 aromatic rings. The molecule has 0 spiro atoms. The highest BCUT2D eigenvalue weighted by atomic mass is 16.5. The van der Waals surface area contributed by atoms with Gasteiger partial charge in [0.25, 0.3) is 0 Å². The van der Waals surface area contributed by atoms with Crippen LogP contribution >= 0.6 is 0 Å². The topological polar surface area (TPSA) is 89.8 Å². The maximum Gasteiger partial charge on any atom is 0.304 e. The first-order chi connectivity index (χ1) is 4.63. The van der Waals surface area contributed by atoms with Crippen LogP contribution in [-0.4, -0.2) is 40.7 Å². The van der Waals surface area contributed by atoms with Crippen molar-refractivity contribution in [2.45, 2.75) is 12.7 Å². The van der Waals surface area contributed by atoms with Crippen molar-refractivity contribution in [1.82, 2.24) is 5.32 Å². The third-order valence-corrected chi connectivity index (χ3v) is 0.843. The number of nitrogens with one attached hydrogen (secondary N) is 1. The van der Waals surface area contributed by atoms with E-state index in [4.69, 9.17) is 15.3 Å². The SMILES string of the molecule is O=C(O)CCNCC(O)O. The van der Waals surface area contributed by atoms with Crippen molar-refractivity contribution in [3.8, 4) is 0 Å². The molecule has 5 heteroatoms. The zero-order chi connectivity index (χ0) is 7.98. The first-order valence-electron chi connectivity index (χ1n) is 2.91. The molecule has 0 aromatic carbocycles. The first-order valence-corrected chi connectivity index (χ1v) is 2.91. The fourth-order valence-electron chi connectivity index (χ4n) is 0.426. The van der Waals surface area contributed by atoms with Gasteiger partial charge in [-0.2, -0.15) is 0 Å². The minimum Gasteiger partial charge on any atom is -0.481 e. The third kappa shape index (κ3) is 7.35. The summed E-state index contributed by atoms with van der Waals surface area (Å²) in [4.78, 5) is 9.88. The Bertz CT molecular complexity index is 104. The van der Waals surface area contributed by atoms with Crippen molar-refractivity contribution in [3.05, 3.63) is 0 Å². The van der Waals surface area contributed by atoms with Crippen LogP contribution in [-0.2, 0) is 4.79 Å². The van der Waals surface area contributed by atoms with E-state index < -0.39 is 12.3 Å². The Balaban J connectivity index is 2.98. The molecule has 0 aliphatic carbocycles. The van der Waals surface area contributed by atoms with E-state index in [2.05, 4.69) is 5.32 Å². The number of aliphatic hydroxyl groups is 2. The molecule has 4 N–H and O–H groups in total. The lowest BCUT2D eigenvalue weighted by molar-refractivity contribution is -0.137. The van der Waals surface area contributed by atoms with Crippen LogP contribution in [0, 0.1) is 0 Å². The summed E-state index contributed by atoms with van der Waals surface area (Å²) in [7, 11) is 0. The molecule has 0 unspecified atom stereocenters. The van der Waals surface area contributed by atoms with Crippen molar-refractivity contribution in [3.63, 3.8) is 0 Å². The predicted molar refractivity (Wildman–Crippen MR) is 33.3 cm³/mol. The summed E-state index contributed by atoms with van der Waals surface area (Å²) in [6.07, 6.45) is -1.42. The molecular formula is C5H11NO4. The molecule has 0 aliphatic heterocycles. The number of hydrogen-bond donors (Lipinski definition) is 4. The summed E-state index contributed by atoms with van der Waals surface area (Å²) < 4.78 is 0. The van der Waals surface area contributed by atoms with Crippen LogP contribution in [0.25, 0.3) is 0 Å². The number of carbonyl (C=O) groups is 1. The van der Waals surface area contributed by atoms with E-state index in [1.165, 1.54) is 0 Å². The average Bonchev–Trinajstić information content (AvgIpc) is 1.79. The van der Waals surface area contributed by atoms with Gasteiger partial charge >= 0.3 is 5.97 Å². The number of hydrogen-bond acceptors (Lipinski definition) is 4. The largest absolute Gasteiger partial charge is 0.481 e. The van der Waals surface area contributed by atoms with Gasteiger partial charge in [0.05, 0.1) is 6.42 Å². The molecule has 5 nitrogen and oxygen atoms in total. The summed E-state index contributed by atoms with van der Waals surface area (Å²) in [5, 5.41) is 27.2. The third-order valence-electron chi connectivity index (χ3n) is 0.843. The minimum atomic E-state index is -1.41. The lowest BCUT2D eigenvalue weighted by atomic mass is 10.4. The highest BCUT2D eigenvalue weighted by molar-refractivity contribution is 5.66. The quantitative estimate of drug-likeness (QED) is 0.278. The number of aliphatic carboxylic acids is 1. The zero-order valence-corrected chi connectivity index (χ0v) is 5.45. The number of aliphatic hydroxyl groups excluding tert-OH is 1. The van der Waals surface area contributed by atoms with Gasteiger partial charge in [0, 0.05) is 13.1 Å². The summed E-state index contributed by atoms with van der Waals surface area (Å²) in [5.41, 5.74) is 0. The minimum absolute atomic E-state index is 0.00722. The van der Waals surface area contributed by atoms with E-state index in [9.17, 15) is 4.79 Å². The van der Waals surface area contributed by atoms with Crippen LogP contribution < -0.4 is 5.32 Å². The fourth-order valence-corrected chi connectivity index (χ4v) is 0.426. The van der Waals surface area contributed by atoms with Gasteiger partial charge in [0.15, 0.2) is 6.29 Å². The normalized spacial score (nSPS) is 10.3. The molecule has 10 heavy (non-hydrogen) atoms. The van der Waals surface area contributed by atoms with E-state index in [1.807, 2.05) is 0 Å². The van der Waals surface area contributed by atoms with Crippen molar-refractivity contribution >= 4 is 5.97 Å². The van der Waals surface area contributed by atoms with Crippen molar-refractivity contribution < 1.29 is 20.1 Å². The maximum atomic E-state index is 9.88. The number of carboxylic acids is 1.